The number of allylic oxidation sites excluding steroid dienone is 1. The number of hydrogen-bond acceptors (Lipinski definition) is 6. The van der Waals surface area contributed by atoms with Crippen molar-refractivity contribution < 1.29 is 29.0 Å². The molecule has 0 radical (unpaired) electrons. The summed E-state index contributed by atoms with van der Waals surface area (Å²) < 4.78 is 12.1. The number of rotatable bonds is 14. The van der Waals surface area contributed by atoms with Crippen LogP contribution in [-0.2, 0) is 23.9 Å². The van der Waals surface area contributed by atoms with Crippen molar-refractivity contribution in [3.8, 4) is 0 Å². The summed E-state index contributed by atoms with van der Waals surface area (Å²) in [7, 11) is 0. The number of aliphatic hydroxyl groups is 1. The van der Waals surface area contributed by atoms with Gasteiger partial charge in [-0.25, -0.2) is 0 Å². The molecular formula is C30H39ClN2O6. The van der Waals surface area contributed by atoms with E-state index in [1.165, 1.54) is 0 Å². The van der Waals surface area contributed by atoms with Gasteiger partial charge < -0.3 is 24.4 Å². The lowest BCUT2D eigenvalue weighted by atomic mass is 9.70. The number of nitrogens with zero attached hydrogens (tertiary/aromatic N) is 2. The Morgan fingerprint density at radius 3 is 2.74 bits per heavy atom. The van der Waals surface area contributed by atoms with Crippen LogP contribution in [0.15, 0.2) is 43.5 Å². The lowest BCUT2D eigenvalue weighted by molar-refractivity contribution is -0.155. The molecule has 39 heavy (non-hydrogen) atoms. The Morgan fingerprint density at radius 1 is 1.26 bits per heavy atom. The Labute approximate surface area is 235 Å². The van der Waals surface area contributed by atoms with E-state index in [1.807, 2.05) is 19.1 Å². The molecule has 4 rings (SSSR count). The van der Waals surface area contributed by atoms with Gasteiger partial charge in [0, 0.05) is 19.7 Å². The van der Waals surface area contributed by atoms with Crippen molar-refractivity contribution in [2.45, 2.75) is 69.6 Å². The highest BCUT2D eigenvalue weighted by Crippen LogP contribution is 2.59. The van der Waals surface area contributed by atoms with Crippen LogP contribution in [0.5, 0.6) is 0 Å². The number of aryl methyl sites for hydroxylation is 1. The van der Waals surface area contributed by atoms with Crippen LogP contribution in [0, 0.1) is 18.8 Å². The molecule has 0 aliphatic carbocycles. The Bertz CT molecular complexity index is 1090. The van der Waals surface area contributed by atoms with Crippen LogP contribution >= 0.6 is 11.6 Å². The number of amides is 2. The maximum absolute atomic E-state index is 14.5. The van der Waals surface area contributed by atoms with Crippen molar-refractivity contribution in [3.63, 3.8) is 0 Å². The largest absolute Gasteiger partial charge is 0.465 e. The van der Waals surface area contributed by atoms with Crippen LogP contribution < -0.4 is 4.90 Å². The highest BCUT2D eigenvalue weighted by atomic mass is 35.5. The van der Waals surface area contributed by atoms with Crippen molar-refractivity contribution in [1.82, 2.24) is 4.90 Å². The number of aliphatic hydroxyl groups excluding tert-OH is 1. The number of carbonyl (C=O) groups excluding carboxylic acids is 3. The van der Waals surface area contributed by atoms with Gasteiger partial charge in [-0.3, -0.25) is 14.4 Å². The Kier molecular flexibility index (Phi) is 9.51. The molecule has 3 fully saturated rings. The summed E-state index contributed by atoms with van der Waals surface area (Å²) in [6.45, 7) is 10.3. The summed E-state index contributed by atoms with van der Waals surface area (Å²) in [5, 5.41) is 9.66. The minimum Gasteiger partial charge on any atom is -0.465 e. The normalized spacial score (nSPS) is 26.9. The third-order valence-corrected chi connectivity index (χ3v) is 8.50. The summed E-state index contributed by atoms with van der Waals surface area (Å²) in [6, 6.07) is 4.53. The van der Waals surface area contributed by atoms with E-state index in [9.17, 15) is 19.5 Å². The lowest BCUT2D eigenvalue weighted by Crippen LogP contribution is -2.56. The van der Waals surface area contributed by atoms with Gasteiger partial charge in [0.15, 0.2) is 0 Å². The summed E-state index contributed by atoms with van der Waals surface area (Å²) in [6.07, 6.45) is 7.32. The Morgan fingerprint density at radius 2 is 2.05 bits per heavy atom. The summed E-state index contributed by atoms with van der Waals surface area (Å²) in [5.74, 6) is -2.52. The molecular weight excluding hydrogens is 520 g/mol. The van der Waals surface area contributed by atoms with Crippen LogP contribution in [0.4, 0.5) is 5.69 Å². The molecule has 212 valence electrons. The second-order valence-corrected chi connectivity index (χ2v) is 11.0. The highest BCUT2D eigenvalue weighted by molar-refractivity contribution is 6.34. The number of halogens is 1. The minimum atomic E-state index is -1.12. The first-order valence-corrected chi connectivity index (χ1v) is 14.2. The van der Waals surface area contributed by atoms with E-state index < -0.39 is 35.6 Å². The third kappa shape index (κ3) is 5.39. The van der Waals surface area contributed by atoms with Crippen molar-refractivity contribution in [1.29, 1.82) is 0 Å². The number of hydrogen-bond donors (Lipinski definition) is 1. The third-order valence-electron chi connectivity index (χ3n) is 8.20. The Balaban J connectivity index is 1.70. The molecule has 1 aromatic carbocycles. The van der Waals surface area contributed by atoms with Gasteiger partial charge in [-0.2, -0.15) is 0 Å². The monoisotopic (exact) mass is 558 g/mol. The zero-order valence-corrected chi connectivity index (χ0v) is 23.4. The van der Waals surface area contributed by atoms with Crippen LogP contribution in [0.1, 0.15) is 50.5 Å². The van der Waals surface area contributed by atoms with Crippen LogP contribution in [-0.4, -0.2) is 71.8 Å². The number of para-hydroxylation sites is 1. The predicted octanol–water partition coefficient (Wildman–Crippen LogP) is 4.21. The number of fused-ring (bicyclic) bond motifs is 1. The van der Waals surface area contributed by atoms with E-state index in [-0.39, 0.29) is 31.6 Å². The van der Waals surface area contributed by atoms with Gasteiger partial charge in [-0.15, -0.1) is 13.2 Å². The predicted molar refractivity (Wildman–Crippen MR) is 149 cm³/mol. The molecule has 3 heterocycles. The average Bonchev–Trinajstić information content (AvgIpc) is 3.55. The summed E-state index contributed by atoms with van der Waals surface area (Å²) in [5.41, 5.74) is 0.278. The molecule has 9 heteroatoms. The maximum atomic E-state index is 14.5. The van der Waals surface area contributed by atoms with Gasteiger partial charge in [-0.1, -0.05) is 35.9 Å². The topological polar surface area (TPSA) is 96.4 Å². The number of ether oxygens (including phenoxy) is 2. The molecule has 1 aromatic rings. The smallest absolute Gasteiger partial charge is 0.312 e. The van der Waals surface area contributed by atoms with Gasteiger partial charge in [0.05, 0.1) is 35.3 Å². The molecule has 3 aliphatic heterocycles. The zero-order valence-electron chi connectivity index (χ0n) is 22.6. The molecule has 2 unspecified atom stereocenters. The van der Waals surface area contributed by atoms with E-state index >= 15 is 0 Å². The molecule has 1 spiro atoms. The molecule has 2 amide bonds. The first-order valence-electron chi connectivity index (χ1n) is 13.9. The summed E-state index contributed by atoms with van der Waals surface area (Å²) >= 11 is 6.59. The van der Waals surface area contributed by atoms with Crippen molar-refractivity contribution >= 4 is 35.1 Å². The minimum absolute atomic E-state index is 0.0618. The molecule has 5 atom stereocenters. The maximum Gasteiger partial charge on any atom is 0.312 e. The van der Waals surface area contributed by atoms with Crippen LogP contribution in [0.2, 0.25) is 5.02 Å². The highest BCUT2D eigenvalue weighted by Gasteiger charge is 2.75. The lowest BCUT2D eigenvalue weighted by Gasteiger charge is -2.37. The number of anilines is 1. The molecule has 0 aromatic heterocycles. The second kappa shape index (κ2) is 12.7. The number of benzene rings is 1. The standard InChI is InChI=1S/C30H39ClN2O6/c1-4-6-10-19-38-29(37)23-22-14-15-30(39-22)24(23)27(35)33(17-8-7-9-18-34)26(30)28(36)32(16-5-2)25-20(3)12-11-13-21(25)31/h4-5,11-13,22-24,26,34H,1-2,6-10,14-19H2,3H3/t22-,23+,24-,26?,30?/m0/s1. The molecule has 2 bridgehead atoms. The number of carbonyl (C=O) groups is 3. The first-order chi connectivity index (χ1) is 18.8. The fraction of sp³-hybridized carbons (Fsp3) is 0.567. The molecule has 0 saturated carbocycles. The Hall–Kier alpha value is -2.68. The number of likely N-dealkylation sites (tertiary alicyclic amines) is 1. The first kappa shape index (κ1) is 29.3. The van der Waals surface area contributed by atoms with E-state index in [0.29, 0.717) is 55.8 Å². The van der Waals surface area contributed by atoms with Crippen molar-refractivity contribution in [2.75, 3.05) is 31.2 Å². The van der Waals surface area contributed by atoms with Gasteiger partial charge in [0.2, 0.25) is 5.91 Å². The summed E-state index contributed by atoms with van der Waals surface area (Å²) in [4.78, 5) is 45.0. The van der Waals surface area contributed by atoms with Gasteiger partial charge in [0.1, 0.15) is 11.6 Å². The van der Waals surface area contributed by atoms with E-state index in [2.05, 4.69) is 13.2 Å². The molecule has 3 aliphatic rings. The number of esters is 1. The zero-order chi connectivity index (χ0) is 28.2. The number of unbranched alkanes of at least 4 members (excludes halogenated alkanes) is 3. The molecule has 1 N–H and O–H groups in total. The van der Waals surface area contributed by atoms with Gasteiger partial charge in [0.25, 0.3) is 5.91 Å². The SMILES string of the molecule is C=CCCCOC(=O)[C@@H]1[C@@H]2CCC3(O2)C(C(=O)N(CC=C)c2c(C)cccc2Cl)N(CCCCCO)C(=O)[C@H]13. The van der Waals surface area contributed by atoms with Gasteiger partial charge in [-0.05, 0) is 63.5 Å². The van der Waals surface area contributed by atoms with E-state index in [1.54, 1.807) is 28.0 Å². The van der Waals surface area contributed by atoms with Crippen LogP contribution in [0.25, 0.3) is 0 Å². The fourth-order valence-corrected chi connectivity index (χ4v) is 6.87. The fourth-order valence-electron chi connectivity index (χ4n) is 6.54. The quantitative estimate of drug-likeness (QED) is 0.209. The van der Waals surface area contributed by atoms with E-state index in [4.69, 9.17) is 21.1 Å². The molecule has 3 saturated heterocycles. The van der Waals surface area contributed by atoms with Crippen molar-refractivity contribution in [2.24, 2.45) is 11.8 Å². The second-order valence-electron chi connectivity index (χ2n) is 10.6. The van der Waals surface area contributed by atoms with Crippen molar-refractivity contribution in [3.05, 3.63) is 54.1 Å². The van der Waals surface area contributed by atoms with Gasteiger partial charge >= 0.3 is 5.97 Å². The van der Waals surface area contributed by atoms with Crippen LogP contribution in [0.3, 0.4) is 0 Å². The molecule has 8 nitrogen and oxygen atoms in total. The average molecular weight is 559 g/mol. The van der Waals surface area contributed by atoms with E-state index in [0.717, 1.165) is 12.0 Å².